The van der Waals surface area contributed by atoms with Crippen LogP contribution in [-0.2, 0) is 10.0 Å². The van der Waals surface area contributed by atoms with Crippen molar-refractivity contribution < 1.29 is 8.42 Å². The van der Waals surface area contributed by atoms with Crippen molar-refractivity contribution in [2.75, 3.05) is 41.7 Å². The highest BCUT2D eigenvalue weighted by molar-refractivity contribution is 7.89. The minimum Gasteiger partial charge on any atom is -0.354 e. The standard InChI is InChI=1S/C29H41N7O2S/c1-21(2)32-28-33-27(34-29(35-28)36-17-6-3-7-18-36)30-19-22-13-15-23(16-14-22)20-31-39(37,38)26-12-8-10-24-9-4-5-11-25(24)26/h4-5,8-12,21-23,31H,3,6-7,13-20H2,1-2H3,(H2,30,32,33,34,35). The Morgan fingerprint density at radius 2 is 1.51 bits per heavy atom. The molecule has 0 radical (unpaired) electrons. The maximum Gasteiger partial charge on any atom is 0.241 e. The molecule has 0 amide bonds. The van der Waals surface area contributed by atoms with E-state index in [9.17, 15) is 8.42 Å². The number of rotatable bonds is 10. The van der Waals surface area contributed by atoms with Gasteiger partial charge >= 0.3 is 0 Å². The Labute approximate surface area is 232 Å². The molecule has 9 nitrogen and oxygen atoms in total. The van der Waals surface area contributed by atoms with Crippen molar-refractivity contribution in [1.82, 2.24) is 19.7 Å². The van der Waals surface area contributed by atoms with Gasteiger partial charge in [-0.1, -0.05) is 36.4 Å². The second-order valence-electron chi connectivity index (χ2n) is 11.2. The molecular formula is C29H41N7O2S. The van der Waals surface area contributed by atoms with Crippen LogP contribution in [0.3, 0.4) is 0 Å². The fourth-order valence-electron chi connectivity index (χ4n) is 5.61. The average molecular weight is 552 g/mol. The maximum atomic E-state index is 13.1. The van der Waals surface area contributed by atoms with Gasteiger partial charge in [0, 0.05) is 37.6 Å². The molecule has 0 atom stereocenters. The Morgan fingerprint density at radius 3 is 2.26 bits per heavy atom. The van der Waals surface area contributed by atoms with E-state index in [4.69, 9.17) is 4.98 Å². The van der Waals surface area contributed by atoms with Crippen LogP contribution in [0.1, 0.15) is 58.8 Å². The van der Waals surface area contributed by atoms with E-state index < -0.39 is 10.0 Å². The first-order chi connectivity index (χ1) is 18.9. The summed E-state index contributed by atoms with van der Waals surface area (Å²) in [5, 5.41) is 8.50. The van der Waals surface area contributed by atoms with Crippen molar-refractivity contribution in [1.29, 1.82) is 0 Å². The Morgan fingerprint density at radius 1 is 0.846 bits per heavy atom. The SMILES string of the molecule is CC(C)Nc1nc(NCC2CCC(CNS(=O)(=O)c3cccc4ccccc34)CC2)nc(N2CCCCC2)n1. The normalized spacial score (nSPS) is 20.3. The van der Waals surface area contributed by atoms with E-state index in [1.54, 1.807) is 12.1 Å². The van der Waals surface area contributed by atoms with Crippen LogP contribution in [0.4, 0.5) is 17.8 Å². The minimum atomic E-state index is -3.57. The lowest BCUT2D eigenvalue weighted by molar-refractivity contribution is 0.284. The molecule has 0 bridgehead atoms. The van der Waals surface area contributed by atoms with Gasteiger partial charge < -0.3 is 15.5 Å². The molecule has 1 saturated heterocycles. The Kier molecular flexibility index (Phi) is 8.82. The van der Waals surface area contributed by atoms with E-state index in [0.717, 1.165) is 62.0 Å². The van der Waals surface area contributed by atoms with Crippen molar-refractivity contribution in [3.05, 3.63) is 42.5 Å². The lowest BCUT2D eigenvalue weighted by atomic mass is 9.82. The zero-order valence-electron chi connectivity index (χ0n) is 23.1. The largest absolute Gasteiger partial charge is 0.354 e. The molecule has 39 heavy (non-hydrogen) atoms. The molecule has 0 unspecified atom stereocenters. The summed E-state index contributed by atoms with van der Waals surface area (Å²) in [5.41, 5.74) is 0. The summed E-state index contributed by atoms with van der Waals surface area (Å²) < 4.78 is 29.1. The number of nitrogens with zero attached hydrogens (tertiary/aromatic N) is 4. The van der Waals surface area contributed by atoms with Crippen molar-refractivity contribution in [2.24, 2.45) is 11.8 Å². The van der Waals surface area contributed by atoms with Crippen molar-refractivity contribution in [3.8, 4) is 0 Å². The predicted molar refractivity (Wildman–Crippen MR) is 158 cm³/mol. The Balaban J connectivity index is 1.14. The number of benzene rings is 2. The topological polar surface area (TPSA) is 112 Å². The predicted octanol–water partition coefficient (Wildman–Crippen LogP) is 5.03. The highest BCUT2D eigenvalue weighted by Crippen LogP contribution is 2.30. The summed E-state index contributed by atoms with van der Waals surface area (Å²) in [6.07, 6.45) is 7.70. The molecule has 2 aliphatic rings. The van der Waals surface area contributed by atoms with Crippen LogP contribution in [0.2, 0.25) is 0 Å². The Hall–Kier alpha value is -2.98. The van der Waals surface area contributed by atoms with Gasteiger partial charge in [-0.2, -0.15) is 15.0 Å². The van der Waals surface area contributed by atoms with Crippen LogP contribution in [0.15, 0.2) is 47.4 Å². The third-order valence-corrected chi connectivity index (χ3v) is 9.28. The second kappa shape index (κ2) is 12.5. The molecular weight excluding hydrogens is 510 g/mol. The van der Waals surface area contributed by atoms with Gasteiger partial charge in [0.2, 0.25) is 27.9 Å². The number of sulfonamides is 1. The second-order valence-corrected chi connectivity index (χ2v) is 13.0. The molecule has 210 valence electrons. The molecule has 2 fully saturated rings. The number of hydrogen-bond donors (Lipinski definition) is 3. The van der Waals surface area contributed by atoms with Crippen molar-refractivity contribution in [2.45, 2.75) is 69.7 Å². The quantitative estimate of drug-likeness (QED) is 0.322. The van der Waals surface area contributed by atoms with Gasteiger partial charge in [0.15, 0.2) is 0 Å². The smallest absolute Gasteiger partial charge is 0.241 e. The number of nitrogens with one attached hydrogen (secondary N) is 3. The molecule has 1 aromatic heterocycles. The van der Waals surface area contributed by atoms with Crippen molar-refractivity contribution in [3.63, 3.8) is 0 Å². The molecule has 10 heteroatoms. The van der Waals surface area contributed by atoms with Gasteiger partial charge in [-0.25, -0.2) is 13.1 Å². The maximum absolute atomic E-state index is 13.1. The van der Waals surface area contributed by atoms with E-state index in [0.29, 0.717) is 35.2 Å². The van der Waals surface area contributed by atoms with Gasteiger partial charge in [-0.3, -0.25) is 0 Å². The molecule has 0 spiro atoms. The lowest BCUT2D eigenvalue weighted by Crippen LogP contribution is -2.33. The summed E-state index contributed by atoms with van der Waals surface area (Å²) in [5.74, 6) is 2.84. The van der Waals surface area contributed by atoms with E-state index in [1.165, 1.54) is 19.3 Å². The summed E-state index contributed by atoms with van der Waals surface area (Å²) in [6.45, 7) is 7.41. The first-order valence-electron chi connectivity index (χ1n) is 14.4. The van der Waals surface area contributed by atoms with E-state index >= 15 is 0 Å². The van der Waals surface area contributed by atoms with Gasteiger partial charge in [0.25, 0.3) is 0 Å². The first-order valence-corrected chi connectivity index (χ1v) is 15.8. The summed E-state index contributed by atoms with van der Waals surface area (Å²) in [4.78, 5) is 16.7. The van der Waals surface area contributed by atoms with Gasteiger partial charge in [-0.15, -0.1) is 0 Å². The number of hydrogen-bond acceptors (Lipinski definition) is 8. The van der Waals surface area contributed by atoms with Crippen LogP contribution < -0.4 is 20.3 Å². The molecule has 1 saturated carbocycles. The highest BCUT2D eigenvalue weighted by atomic mass is 32.2. The Bertz CT molecular complexity index is 1350. The number of aromatic nitrogens is 3. The molecule has 3 aromatic rings. The van der Waals surface area contributed by atoms with Crippen LogP contribution in [-0.4, -0.2) is 55.6 Å². The van der Waals surface area contributed by atoms with Crippen LogP contribution in [0.5, 0.6) is 0 Å². The third kappa shape index (κ3) is 7.16. The number of piperidine rings is 1. The zero-order valence-corrected chi connectivity index (χ0v) is 23.9. The summed E-state index contributed by atoms with van der Waals surface area (Å²) >= 11 is 0. The minimum absolute atomic E-state index is 0.239. The summed E-state index contributed by atoms with van der Waals surface area (Å²) in [6, 6.07) is 13.3. The van der Waals surface area contributed by atoms with Crippen LogP contribution >= 0.6 is 0 Å². The molecule has 5 rings (SSSR count). The van der Waals surface area contributed by atoms with Gasteiger partial charge in [-0.05, 0) is 82.1 Å². The number of anilines is 3. The zero-order chi connectivity index (χ0) is 27.2. The fraction of sp³-hybridized carbons (Fsp3) is 0.552. The van der Waals surface area contributed by atoms with Gasteiger partial charge in [0.05, 0.1) is 4.90 Å². The van der Waals surface area contributed by atoms with Crippen molar-refractivity contribution >= 4 is 38.6 Å². The highest BCUT2D eigenvalue weighted by Gasteiger charge is 2.25. The number of fused-ring (bicyclic) bond motifs is 1. The van der Waals surface area contributed by atoms with E-state index in [2.05, 4.69) is 44.1 Å². The molecule has 2 heterocycles. The van der Waals surface area contributed by atoms with E-state index in [1.807, 2.05) is 30.3 Å². The molecule has 1 aliphatic carbocycles. The lowest BCUT2D eigenvalue weighted by Gasteiger charge is -2.29. The van der Waals surface area contributed by atoms with Crippen LogP contribution in [0.25, 0.3) is 10.8 Å². The third-order valence-electron chi connectivity index (χ3n) is 7.80. The summed E-state index contributed by atoms with van der Waals surface area (Å²) in [7, 11) is -3.57. The first kappa shape index (κ1) is 27.6. The van der Waals surface area contributed by atoms with E-state index in [-0.39, 0.29) is 6.04 Å². The molecule has 2 aromatic carbocycles. The fourth-order valence-corrected chi connectivity index (χ4v) is 6.96. The molecule has 1 aliphatic heterocycles. The van der Waals surface area contributed by atoms with Crippen LogP contribution in [0, 0.1) is 11.8 Å². The monoisotopic (exact) mass is 551 g/mol. The average Bonchev–Trinajstić information content (AvgIpc) is 2.95. The molecule has 3 N–H and O–H groups in total. The van der Waals surface area contributed by atoms with Gasteiger partial charge in [0.1, 0.15) is 0 Å².